The quantitative estimate of drug-likeness (QED) is 0.667. The van der Waals surface area contributed by atoms with E-state index in [2.05, 4.69) is 4.72 Å². The summed E-state index contributed by atoms with van der Waals surface area (Å²) < 4.78 is 31.0. The van der Waals surface area contributed by atoms with E-state index in [1.54, 1.807) is 6.92 Å². The van der Waals surface area contributed by atoms with Crippen molar-refractivity contribution in [2.45, 2.75) is 31.1 Å². The Balaban J connectivity index is 2.46. The second-order valence-electron chi connectivity index (χ2n) is 3.68. The first kappa shape index (κ1) is 11.9. The van der Waals surface area contributed by atoms with Crippen molar-refractivity contribution in [1.29, 1.82) is 0 Å². The van der Waals surface area contributed by atoms with Crippen LogP contribution in [-0.2, 0) is 14.8 Å². The minimum absolute atomic E-state index is 0.149. The predicted molar refractivity (Wildman–Crippen MR) is 54.4 cm³/mol. The van der Waals surface area contributed by atoms with E-state index in [9.17, 15) is 8.42 Å². The molecule has 0 bridgehead atoms. The Kier molecular flexibility index (Phi) is 4.31. The van der Waals surface area contributed by atoms with Gasteiger partial charge >= 0.3 is 0 Å². The van der Waals surface area contributed by atoms with Crippen molar-refractivity contribution in [1.82, 2.24) is 4.72 Å². The van der Waals surface area contributed by atoms with E-state index in [1.165, 1.54) is 0 Å². The molecule has 84 valence electrons. The van der Waals surface area contributed by atoms with Gasteiger partial charge in [0.1, 0.15) is 0 Å². The van der Waals surface area contributed by atoms with Gasteiger partial charge in [-0.05, 0) is 19.8 Å². The number of ether oxygens (including phenoxy) is 1. The van der Waals surface area contributed by atoms with Crippen LogP contribution in [0.1, 0.15) is 19.8 Å². The molecular formula is C8H18N2O3S. The normalized spacial score (nSPS) is 22.1. The van der Waals surface area contributed by atoms with E-state index in [4.69, 9.17) is 10.5 Å². The standard InChI is InChI=1S/C8H18N2O3S/c1-7(9)6-10-14(11,12)8-2-4-13-5-3-8/h7-8,10H,2-6,9H2,1H3. The SMILES string of the molecule is CC(N)CNS(=O)(=O)C1CCOCC1. The maximum atomic E-state index is 11.7. The Bertz CT molecular complexity index is 258. The molecule has 6 heteroatoms. The van der Waals surface area contributed by atoms with Crippen LogP contribution in [0, 0.1) is 0 Å². The molecule has 1 heterocycles. The predicted octanol–water partition coefficient (Wildman–Crippen LogP) is -0.568. The number of nitrogens with one attached hydrogen (secondary N) is 1. The van der Waals surface area contributed by atoms with Crippen molar-refractivity contribution in [3.63, 3.8) is 0 Å². The summed E-state index contributed by atoms with van der Waals surface area (Å²) in [6.07, 6.45) is 1.16. The van der Waals surface area contributed by atoms with Crippen molar-refractivity contribution in [2.24, 2.45) is 5.73 Å². The zero-order chi connectivity index (χ0) is 10.6. The van der Waals surface area contributed by atoms with Crippen LogP contribution in [0.3, 0.4) is 0 Å². The summed E-state index contributed by atoms with van der Waals surface area (Å²) in [5, 5.41) is -0.310. The lowest BCUT2D eigenvalue weighted by atomic mass is 10.2. The third-order valence-corrected chi connectivity index (χ3v) is 4.13. The average molecular weight is 222 g/mol. The summed E-state index contributed by atoms with van der Waals surface area (Å²) in [5.74, 6) is 0. The number of rotatable bonds is 4. The fraction of sp³-hybridized carbons (Fsp3) is 1.00. The van der Waals surface area contributed by atoms with Crippen LogP contribution >= 0.6 is 0 Å². The Hall–Kier alpha value is -0.170. The lowest BCUT2D eigenvalue weighted by Gasteiger charge is -2.22. The Labute approximate surface area is 85.1 Å². The molecule has 0 aromatic heterocycles. The molecule has 1 saturated heterocycles. The highest BCUT2D eigenvalue weighted by molar-refractivity contribution is 7.90. The fourth-order valence-corrected chi connectivity index (χ4v) is 2.90. The largest absolute Gasteiger partial charge is 0.381 e. The van der Waals surface area contributed by atoms with Crippen LogP contribution in [0.25, 0.3) is 0 Å². The molecule has 0 radical (unpaired) electrons. The van der Waals surface area contributed by atoms with Crippen LogP contribution < -0.4 is 10.5 Å². The van der Waals surface area contributed by atoms with E-state index in [0.29, 0.717) is 32.6 Å². The highest BCUT2D eigenvalue weighted by Gasteiger charge is 2.27. The first-order valence-corrected chi connectivity index (χ1v) is 6.39. The van der Waals surface area contributed by atoms with Crippen molar-refractivity contribution in [2.75, 3.05) is 19.8 Å². The molecular weight excluding hydrogens is 204 g/mol. The van der Waals surface area contributed by atoms with Crippen LogP contribution in [-0.4, -0.2) is 39.5 Å². The summed E-state index contributed by atoms with van der Waals surface area (Å²) in [7, 11) is -3.19. The van der Waals surface area contributed by atoms with E-state index < -0.39 is 10.0 Å². The molecule has 1 atom stereocenters. The monoisotopic (exact) mass is 222 g/mol. The Morgan fingerprint density at radius 3 is 2.57 bits per heavy atom. The maximum Gasteiger partial charge on any atom is 0.214 e. The molecule has 0 spiro atoms. The van der Waals surface area contributed by atoms with Gasteiger partial charge in [0, 0.05) is 25.8 Å². The van der Waals surface area contributed by atoms with Gasteiger partial charge in [0.05, 0.1) is 5.25 Å². The summed E-state index contributed by atoms with van der Waals surface area (Å²) in [4.78, 5) is 0. The third kappa shape index (κ3) is 3.53. The van der Waals surface area contributed by atoms with Crippen LogP contribution in [0.5, 0.6) is 0 Å². The molecule has 5 nitrogen and oxygen atoms in total. The van der Waals surface area contributed by atoms with Gasteiger partial charge in [-0.15, -0.1) is 0 Å². The molecule has 1 aliphatic rings. The number of hydrogen-bond donors (Lipinski definition) is 2. The van der Waals surface area contributed by atoms with Crippen molar-refractivity contribution < 1.29 is 13.2 Å². The topological polar surface area (TPSA) is 81.4 Å². The molecule has 0 amide bonds. The van der Waals surface area contributed by atoms with Crippen molar-refractivity contribution in [3.8, 4) is 0 Å². The first-order valence-electron chi connectivity index (χ1n) is 4.84. The van der Waals surface area contributed by atoms with Gasteiger partial charge in [0.15, 0.2) is 0 Å². The molecule has 1 unspecified atom stereocenters. The third-order valence-electron chi connectivity index (χ3n) is 2.21. The van der Waals surface area contributed by atoms with E-state index in [1.807, 2.05) is 0 Å². The lowest BCUT2D eigenvalue weighted by Crippen LogP contribution is -2.42. The average Bonchev–Trinajstić information content (AvgIpc) is 2.16. The molecule has 0 saturated carbocycles. The van der Waals surface area contributed by atoms with E-state index >= 15 is 0 Å². The van der Waals surface area contributed by atoms with Gasteiger partial charge in [-0.3, -0.25) is 0 Å². The van der Waals surface area contributed by atoms with Crippen molar-refractivity contribution in [3.05, 3.63) is 0 Å². The second kappa shape index (κ2) is 5.06. The van der Waals surface area contributed by atoms with Crippen LogP contribution in [0.4, 0.5) is 0 Å². The molecule has 1 aliphatic heterocycles. The smallest absolute Gasteiger partial charge is 0.214 e. The van der Waals surface area contributed by atoms with Gasteiger partial charge in [-0.2, -0.15) is 0 Å². The minimum Gasteiger partial charge on any atom is -0.381 e. The maximum absolute atomic E-state index is 11.7. The second-order valence-corrected chi connectivity index (χ2v) is 5.73. The lowest BCUT2D eigenvalue weighted by molar-refractivity contribution is 0.0981. The number of hydrogen-bond acceptors (Lipinski definition) is 4. The molecule has 14 heavy (non-hydrogen) atoms. The van der Waals surface area contributed by atoms with Crippen LogP contribution in [0.2, 0.25) is 0 Å². The summed E-state index contributed by atoms with van der Waals surface area (Å²) >= 11 is 0. The van der Waals surface area contributed by atoms with Gasteiger partial charge in [-0.25, -0.2) is 13.1 Å². The summed E-state index contributed by atoms with van der Waals surface area (Å²) in [5.41, 5.74) is 5.48. The van der Waals surface area contributed by atoms with Gasteiger partial charge in [0.25, 0.3) is 0 Å². The van der Waals surface area contributed by atoms with Crippen molar-refractivity contribution >= 4 is 10.0 Å². The van der Waals surface area contributed by atoms with Gasteiger partial charge < -0.3 is 10.5 Å². The van der Waals surface area contributed by atoms with E-state index in [0.717, 1.165) is 0 Å². The van der Waals surface area contributed by atoms with Crippen LogP contribution in [0.15, 0.2) is 0 Å². The highest BCUT2D eigenvalue weighted by atomic mass is 32.2. The summed E-state index contributed by atoms with van der Waals surface area (Å²) in [6, 6.07) is -0.149. The molecule has 1 rings (SSSR count). The van der Waals surface area contributed by atoms with Gasteiger partial charge in [0.2, 0.25) is 10.0 Å². The van der Waals surface area contributed by atoms with E-state index in [-0.39, 0.29) is 11.3 Å². The molecule has 3 N–H and O–H groups in total. The first-order chi connectivity index (χ1) is 6.52. The zero-order valence-electron chi connectivity index (χ0n) is 8.40. The fourth-order valence-electron chi connectivity index (χ4n) is 1.35. The minimum atomic E-state index is -3.19. The summed E-state index contributed by atoms with van der Waals surface area (Å²) in [6.45, 7) is 3.14. The zero-order valence-corrected chi connectivity index (χ0v) is 9.22. The molecule has 1 fully saturated rings. The molecule has 0 aliphatic carbocycles. The Morgan fingerprint density at radius 1 is 1.50 bits per heavy atom. The Morgan fingerprint density at radius 2 is 2.07 bits per heavy atom. The molecule has 0 aromatic carbocycles. The number of nitrogens with two attached hydrogens (primary N) is 1. The number of sulfonamides is 1. The highest BCUT2D eigenvalue weighted by Crippen LogP contribution is 2.14. The molecule has 0 aromatic rings. The van der Waals surface area contributed by atoms with Gasteiger partial charge in [-0.1, -0.05) is 0 Å².